The number of imidazole rings is 1. The highest BCUT2D eigenvalue weighted by molar-refractivity contribution is 6.30. The van der Waals surface area contributed by atoms with Crippen LogP contribution in [0.25, 0.3) is 22.0 Å². The zero-order chi connectivity index (χ0) is 30.9. The molecule has 0 spiro atoms. The van der Waals surface area contributed by atoms with Gasteiger partial charge < -0.3 is 29.1 Å². The number of rotatable bonds is 11. The van der Waals surface area contributed by atoms with Gasteiger partial charge in [0.1, 0.15) is 19.3 Å². The predicted octanol–water partition coefficient (Wildman–Crippen LogP) is 5.43. The van der Waals surface area contributed by atoms with Crippen molar-refractivity contribution >= 4 is 28.2 Å². The van der Waals surface area contributed by atoms with E-state index in [0.717, 1.165) is 52.1 Å². The molecule has 11 nitrogen and oxygen atoms in total. The quantitative estimate of drug-likeness (QED) is 0.108. The molecule has 0 bridgehead atoms. The van der Waals surface area contributed by atoms with E-state index in [1.165, 1.54) is 18.1 Å². The van der Waals surface area contributed by atoms with Crippen LogP contribution in [-0.2, 0) is 26.1 Å². The summed E-state index contributed by atoms with van der Waals surface area (Å²) in [5.74, 6) is 2.86. The molecule has 0 fully saturated rings. The molecule has 0 saturated heterocycles. The molecular formula is C33H31ClN5O6+. The fourth-order valence-electron chi connectivity index (χ4n) is 6.03. The molecule has 0 unspecified atom stereocenters. The molecule has 3 aromatic carbocycles. The van der Waals surface area contributed by atoms with Crippen molar-refractivity contribution in [3.63, 3.8) is 0 Å². The highest BCUT2D eigenvalue weighted by atomic mass is 35.5. The number of pyridine rings is 1. The Morgan fingerprint density at radius 3 is 2.82 bits per heavy atom. The number of methoxy groups -OCH3 is 1. The van der Waals surface area contributed by atoms with Crippen molar-refractivity contribution in [2.45, 2.75) is 26.1 Å². The van der Waals surface area contributed by atoms with E-state index in [4.69, 9.17) is 30.5 Å². The molecule has 4 heterocycles. The molecule has 2 aromatic heterocycles. The topological polar surface area (TPSA) is 105 Å². The summed E-state index contributed by atoms with van der Waals surface area (Å²) in [7, 11) is 1.64. The number of aromatic nitrogens is 3. The van der Waals surface area contributed by atoms with Crippen molar-refractivity contribution in [3.05, 3.63) is 99.6 Å². The molecule has 0 amide bonds. The predicted molar refractivity (Wildman–Crippen MR) is 167 cm³/mol. The van der Waals surface area contributed by atoms with Crippen molar-refractivity contribution in [1.29, 1.82) is 0 Å². The number of benzene rings is 3. The van der Waals surface area contributed by atoms with Crippen LogP contribution in [0.2, 0.25) is 5.02 Å². The second-order valence-electron chi connectivity index (χ2n) is 11.0. The van der Waals surface area contributed by atoms with Crippen molar-refractivity contribution in [2.24, 2.45) is 0 Å². The lowest BCUT2D eigenvalue weighted by molar-refractivity contribution is -0.686. The van der Waals surface area contributed by atoms with Crippen LogP contribution in [0.4, 0.5) is 5.82 Å². The maximum atomic E-state index is 11.4. The van der Waals surface area contributed by atoms with E-state index in [-0.39, 0.29) is 12.6 Å². The van der Waals surface area contributed by atoms with Gasteiger partial charge in [-0.3, -0.25) is 4.90 Å². The van der Waals surface area contributed by atoms with Crippen LogP contribution in [0.5, 0.6) is 23.0 Å². The van der Waals surface area contributed by atoms with E-state index < -0.39 is 4.92 Å². The molecule has 2 aliphatic heterocycles. The van der Waals surface area contributed by atoms with Crippen molar-refractivity contribution in [3.8, 4) is 34.3 Å². The van der Waals surface area contributed by atoms with Gasteiger partial charge >= 0.3 is 5.82 Å². The van der Waals surface area contributed by atoms with Gasteiger partial charge in [-0.1, -0.05) is 23.7 Å². The molecule has 45 heavy (non-hydrogen) atoms. The average molecular weight is 629 g/mol. The van der Waals surface area contributed by atoms with Crippen LogP contribution in [0.1, 0.15) is 11.1 Å². The summed E-state index contributed by atoms with van der Waals surface area (Å²) in [6, 6.07) is 18.0. The van der Waals surface area contributed by atoms with Crippen molar-refractivity contribution in [1.82, 2.24) is 14.5 Å². The number of hydrogen-bond donors (Lipinski definition) is 0. The number of halogens is 1. The summed E-state index contributed by atoms with van der Waals surface area (Å²) in [4.78, 5) is 17.1. The molecule has 0 N–H and O–H groups in total. The lowest BCUT2D eigenvalue weighted by atomic mass is 9.95. The summed E-state index contributed by atoms with van der Waals surface area (Å²) >= 11 is 6.26. The van der Waals surface area contributed by atoms with Gasteiger partial charge in [0.25, 0.3) is 0 Å². The summed E-state index contributed by atoms with van der Waals surface area (Å²) in [6.07, 6.45) is 5.76. The van der Waals surface area contributed by atoms with Crippen LogP contribution in [0.15, 0.2) is 73.3 Å². The summed E-state index contributed by atoms with van der Waals surface area (Å²) in [5, 5.41) is 14.1. The molecule has 5 aromatic rings. The maximum absolute atomic E-state index is 11.4. The van der Waals surface area contributed by atoms with Gasteiger partial charge in [-0.25, -0.2) is 9.55 Å². The molecule has 2 aliphatic rings. The third-order valence-corrected chi connectivity index (χ3v) is 8.52. The smallest absolute Gasteiger partial charge is 0.342 e. The van der Waals surface area contributed by atoms with Crippen LogP contribution < -0.4 is 23.5 Å². The Balaban J connectivity index is 1.14. The number of ether oxygens (including phenoxy) is 4. The van der Waals surface area contributed by atoms with Crippen LogP contribution in [-0.4, -0.2) is 53.0 Å². The third-order valence-electron chi connectivity index (χ3n) is 8.28. The van der Waals surface area contributed by atoms with E-state index in [1.807, 2.05) is 36.4 Å². The number of fused-ring (bicyclic) bond motifs is 5. The highest BCUT2D eigenvalue weighted by Gasteiger charge is 2.29. The second-order valence-corrected chi connectivity index (χ2v) is 11.5. The molecule has 0 aliphatic carbocycles. The van der Waals surface area contributed by atoms with Gasteiger partial charge in [0.15, 0.2) is 42.1 Å². The molecule has 7 rings (SSSR count). The first kappa shape index (κ1) is 28.9. The Labute approximate surface area is 264 Å². The third kappa shape index (κ3) is 5.84. The summed E-state index contributed by atoms with van der Waals surface area (Å²) in [5.41, 5.74) is 4.53. The second kappa shape index (κ2) is 12.3. The fraction of sp³-hybridized carbons (Fsp3) is 0.273. The van der Waals surface area contributed by atoms with E-state index >= 15 is 0 Å². The monoisotopic (exact) mass is 628 g/mol. The first-order chi connectivity index (χ1) is 22.0. The van der Waals surface area contributed by atoms with Crippen molar-refractivity contribution < 1.29 is 28.4 Å². The van der Waals surface area contributed by atoms with Gasteiger partial charge in [-0.2, -0.15) is 4.57 Å². The molecular weight excluding hydrogens is 598 g/mol. The van der Waals surface area contributed by atoms with Crippen LogP contribution >= 0.6 is 11.6 Å². The van der Waals surface area contributed by atoms with Gasteiger partial charge in [-0.15, -0.1) is 0 Å². The molecule has 230 valence electrons. The summed E-state index contributed by atoms with van der Waals surface area (Å²) in [6.45, 7) is 3.54. The van der Waals surface area contributed by atoms with E-state index in [2.05, 4.69) is 38.8 Å². The fourth-order valence-corrected chi connectivity index (χ4v) is 6.25. The number of hydrogen-bond acceptors (Lipinski definition) is 8. The van der Waals surface area contributed by atoms with Gasteiger partial charge in [0.05, 0.1) is 18.1 Å². The Hall–Kier alpha value is -4.87. The Morgan fingerprint density at radius 1 is 1.13 bits per heavy atom. The van der Waals surface area contributed by atoms with Gasteiger partial charge in [-0.05, 0) is 57.8 Å². The first-order valence-corrected chi connectivity index (χ1v) is 15.1. The van der Waals surface area contributed by atoms with E-state index in [0.29, 0.717) is 49.3 Å². The van der Waals surface area contributed by atoms with Gasteiger partial charge in [0, 0.05) is 37.1 Å². The molecule has 0 atom stereocenters. The minimum Gasteiger partial charge on any atom is -0.493 e. The zero-order valence-corrected chi connectivity index (χ0v) is 25.4. The van der Waals surface area contributed by atoms with Gasteiger partial charge in [0.2, 0.25) is 12.5 Å². The van der Waals surface area contributed by atoms with E-state index in [1.54, 1.807) is 11.7 Å². The number of nitrogens with zero attached hydrogens (tertiary/aromatic N) is 5. The minimum absolute atomic E-state index is 0.0388. The zero-order valence-electron chi connectivity index (χ0n) is 24.6. The number of aryl methyl sites for hydroxylation is 2. The van der Waals surface area contributed by atoms with Crippen LogP contribution in [0, 0.1) is 10.1 Å². The SMILES string of the molecule is COc1ccc2cc3[n+](cc2c1OCCN(CCn1cncc1[N+](=O)[O-])Cc1cccc(Cl)c1)CCc1cc2c(cc1-3)OCO2. The Kier molecular flexibility index (Phi) is 7.86. The number of nitro groups is 1. The lowest BCUT2D eigenvalue weighted by Crippen LogP contribution is -2.40. The lowest BCUT2D eigenvalue weighted by Gasteiger charge is -2.23. The van der Waals surface area contributed by atoms with Crippen molar-refractivity contribution in [2.75, 3.05) is 33.6 Å². The van der Waals surface area contributed by atoms with Crippen LogP contribution in [0.3, 0.4) is 0 Å². The molecule has 0 saturated carbocycles. The Morgan fingerprint density at radius 2 is 2.00 bits per heavy atom. The first-order valence-electron chi connectivity index (χ1n) is 14.7. The molecule has 0 radical (unpaired) electrons. The summed E-state index contributed by atoms with van der Waals surface area (Å²) < 4.78 is 27.3. The Bertz CT molecular complexity index is 1910. The molecule has 12 heteroatoms. The normalized spacial score (nSPS) is 13.1. The highest BCUT2D eigenvalue weighted by Crippen LogP contribution is 2.41. The minimum atomic E-state index is -0.422. The van der Waals surface area contributed by atoms with E-state index in [9.17, 15) is 10.1 Å². The largest absolute Gasteiger partial charge is 0.493 e. The average Bonchev–Trinajstić information content (AvgIpc) is 3.71. The maximum Gasteiger partial charge on any atom is 0.342 e. The standard InChI is InChI=1S/C33H31ClN5O6/c1-42-29-6-5-23-14-28-26-16-31-30(44-21-45-31)15-24(26)7-8-37(28)19-27(23)33(29)43-12-11-36(18-22-3-2-4-25(34)13-22)9-10-38-20-35-17-32(38)39(40)41/h2-6,13-17,19-20H,7-12,18,21H2,1H3/q+1.